The smallest absolute Gasteiger partial charge is 0.241 e. The lowest BCUT2D eigenvalue weighted by atomic mass is 10.0. The van der Waals surface area contributed by atoms with Gasteiger partial charge in [-0.15, -0.1) is 0 Å². The second-order valence-corrected chi connectivity index (χ2v) is 6.69. The Balaban J connectivity index is 2.30. The van der Waals surface area contributed by atoms with Gasteiger partial charge in [-0.05, 0) is 38.2 Å². The van der Waals surface area contributed by atoms with Crippen LogP contribution in [0.15, 0.2) is 53.0 Å². The topological polar surface area (TPSA) is 49.4 Å². The number of rotatable bonds is 7. The van der Waals surface area contributed by atoms with Crippen molar-refractivity contribution in [1.82, 2.24) is 4.90 Å². The Bertz CT molecular complexity index is 743. The van der Waals surface area contributed by atoms with Crippen LogP contribution >= 0.6 is 15.9 Å². The third kappa shape index (κ3) is 4.77. The molecule has 0 heterocycles. The number of benzene rings is 2. The molecule has 0 fully saturated rings. The normalized spacial score (nSPS) is 12.0. The van der Waals surface area contributed by atoms with E-state index >= 15 is 0 Å². The Labute approximate surface area is 157 Å². The SMILES string of the molecule is CCN(CC)C(C)C(=O)Nc1ccc(Br)cc1C(=O)c1ccccc1. The minimum atomic E-state index is -0.265. The average Bonchev–Trinajstić information content (AvgIpc) is 2.64. The first-order valence-corrected chi connectivity index (χ1v) is 9.21. The van der Waals surface area contributed by atoms with E-state index in [1.807, 2.05) is 45.0 Å². The van der Waals surface area contributed by atoms with Crippen molar-refractivity contribution in [1.29, 1.82) is 0 Å². The second kappa shape index (κ2) is 8.92. The summed E-state index contributed by atoms with van der Waals surface area (Å²) < 4.78 is 0.793. The van der Waals surface area contributed by atoms with Crippen molar-refractivity contribution in [2.24, 2.45) is 0 Å². The van der Waals surface area contributed by atoms with E-state index in [1.54, 1.807) is 24.3 Å². The summed E-state index contributed by atoms with van der Waals surface area (Å²) in [5, 5.41) is 2.92. The van der Waals surface area contributed by atoms with Gasteiger partial charge >= 0.3 is 0 Å². The van der Waals surface area contributed by atoms with E-state index in [2.05, 4.69) is 26.1 Å². The first-order valence-electron chi connectivity index (χ1n) is 8.42. The van der Waals surface area contributed by atoms with Crippen molar-refractivity contribution in [2.75, 3.05) is 18.4 Å². The van der Waals surface area contributed by atoms with Crippen molar-refractivity contribution in [3.8, 4) is 0 Å². The van der Waals surface area contributed by atoms with Crippen molar-refractivity contribution >= 4 is 33.3 Å². The molecule has 132 valence electrons. The van der Waals surface area contributed by atoms with Crippen LogP contribution < -0.4 is 5.32 Å². The molecule has 2 aromatic carbocycles. The van der Waals surface area contributed by atoms with Crippen LogP contribution in [0, 0.1) is 0 Å². The number of nitrogens with zero attached hydrogens (tertiary/aromatic N) is 1. The molecule has 0 aliphatic rings. The van der Waals surface area contributed by atoms with Gasteiger partial charge in [-0.1, -0.05) is 60.1 Å². The summed E-state index contributed by atoms with van der Waals surface area (Å²) in [6.45, 7) is 7.51. The van der Waals surface area contributed by atoms with Gasteiger partial charge in [0.25, 0.3) is 0 Å². The zero-order chi connectivity index (χ0) is 18.4. The highest BCUT2D eigenvalue weighted by atomic mass is 79.9. The van der Waals surface area contributed by atoms with Gasteiger partial charge in [-0.25, -0.2) is 0 Å². The number of carbonyl (C=O) groups is 2. The number of amides is 1. The second-order valence-electron chi connectivity index (χ2n) is 5.77. The maximum absolute atomic E-state index is 12.8. The number of carbonyl (C=O) groups excluding carboxylic acids is 2. The monoisotopic (exact) mass is 402 g/mol. The molecule has 4 nitrogen and oxygen atoms in total. The fraction of sp³-hybridized carbons (Fsp3) is 0.300. The van der Waals surface area contributed by atoms with Crippen LogP contribution in [0.25, 0.3) is 0 Å². The highest BCUT2D eigenvalue weighted by molar-refractivity contribution is 9.10. The molecule has 0 radical (unpaired) electrons. The summed E-state index contributed by atoms with van der Waals surface area (Å²) in [5.41, 5.74) is 1.59. The van der Waals surface area contributed by atoms with E-state index in [-0.39, 0.29) is 17.7 Å². The minimum absolute atomic E-state index is 0.117. The molecule has 0 saturated carbocycles. The summed E-state index contributed by atoms with van der Waals surface area (Å²) in [5.74, 6) is -0.235. The van der Waals surface area contributed by atoms with Crippen LogP contribution in [-0.2, 0) is 4.79 Å². The molecule has 25 heavy (non-hydrogen) atoms. The molecular formula is C20H23BrN2O2. The third-order valence-corrected chi connectivity index (χ3v) is 4.75. The number of hydrogen-bond acceptors (Lipinski definition) is 3. The zero-order valence-corrected chi connectivity index (χ0v) is 16.3. The van der Waals surface area contributed by atoms with Crippen LogP contribution in [0.3, 0.4) is 0 Å². The number of nitrogens with one attached hydrogen (secondary N) is 1. The van der Waals surface area contributed by atoms with Crippen LogP contribution in [0.1, 0.15) is 36.7 Å². The molecule has 2 aromatic rings. The quantitative estimate of drug-likeness (QED) is 0.700. The lowest BCUT2D eigenvalue weighted by Gasteiger charge is -2.25. The molecule has 0 aliphatic carbocycles. The van der Waals surface area contributed by atoms with Gasteiger partial charge in [-0.2, -0.15) is 0 Å². The number of likely N-dealkylation sites (N-methyl/N-ethyl adjacent to an activating group) is 1. The number of halogens is 1. The van der Waals surface area contributed by atoms with Gasteiger partial charge in [0.15, 0.2) is 5.78 Å². The molecule has 0 aliphatic heterocycles. The van der Waals surface area contributed by atoms with Gasteiger partial charge < -0.3 is 5.32 Å². The zero-order valence-electron chi connectivity index (χ0n) is 14.8. The summed E-state index contributed by atoms with van der Waals surface area (Å²) >= 11 is 3.40. The summed E-state index contributed by atoms with van der Waals surface area (Å²) in [7, 11) is 0. The Morgan fingerprint density at radius 1 is 1.08 bits per heavy atom. The lowest BCUT2D eigenvalue weighted by molar-refractivity contribution is -0.120. The van der Waals surface area contributed by atoms with Crippen LogP contribution in [-0.4, -0.2) is 35.7 Å². The number of anilines is 1. The van der Waals surface area contributed by atoms with Crippen LogP contribution in [0.2, 0.25) is 0 Å². The molecule has 0 aromatic heterocycles. The fourth-order valence-electron chi connectivity index (χ4n) is 2.73. The molecule has 0 spiro atoms. The minimum Gasteiger partial charge on any atom is -0.324 e. The van der Waals surface area contributed by atoms with E-state index in [0.717, 1.165) is 17.6 Å². The van der Waals surface area contributed by atoms with E-state index < -0.39 is 0 Å². The predicted octanol–water partition coefficient (Wildman–Crippen LogP) is 4.35. The molecule has 1 unspecified atom stereocenters. The highest BCUT2D eigenvalue weighted by Crippen LogP contribution is 2.24. The predicted molar refractivity (Wildman–Crippen MR) is 105 cm³/mol. The molecule has 0 bridgehead atoms. The van der Waals surface area contributed by atoms with Crippen LogP contribution in [0.4, 0.5) is 5.69 Å². The molecule has 1 amide bonds. The Morgan fingerprint density at radius 3 is 2.32 bits per heavy atom. The molecular weight excluding hydrogens is 380 g/mol. The molecule has 1 N–H and O–H groups in total. The first kappa shape index (κ1) is 19.3. The van der Waals surface area contributed by atoms with Crippen molar-refractivity contribution < 1.29 is 9.59 Å². The maximum atomic E-state index is 12.8. The van der Waals surface area contributed by atoms with Crippen molar-refractivity contribution in [3.05, 3.63) is 64.1 Å². The van der Waals surface area contributed by atoms with Crippen LogP contribution in [0.5, 0.6) is 0 Å². The number of hydrogen-bond donors (Lipinski definition) is 1. The van der Waals surface area contributed by atoms with E-state index in [9.17, 15) is 9.59 Å². The van der Waals surface area contributed by atoms with Gasteiger partial charge in [0.1, 0.15) is 0 Å². The van der Waals surface area contributed by atoms with Gasteiger partial charge in [0, 0.05) is 15.6 Å². The van der Waals surface area contributed by atoms with Crippen molar-refractivity contribution in [2.45, 2.75) is 26.8 Å². The highest BCUT2D eigenvalue weighted by Gasteiger charge is 2.21. The van der Waals surface area contributed by atoms with E-state index in [4.69, 9.17) is 0 Å². The molecule has 0 saturated heterocycles. The maximum Gasteiger partial charge on any atom is 0.241 e. The first-order chi connectivity index (χ1) is 12.0. The fourth-order valence-corrected chi connectivity index (χ4v) is 3.09. The van der Waals surface area contributed by atoms with Gasteiger partial charge in [-0.3, -0.25) is 14.5 Å². The number of ketones is 1. The van der Waals surface area contributed by atoms with Gasteiger partial charge in [0.05, 0.1) is 11.7 Å². The largest absolute Gasteiger partial charge is 0.324 e. The van der Waals surface area contributed by atoms with E-state index in [0.29, 0.717) is 16.8 Å². The average molecular weight is 403 g/mol. The Kier molecular flexibility index (Phi) is 6.91. The standard InChI is InChI=1S/C20H23BrN2O2/c1-4-23(5-2)14(3)20(25)22-18-12-11-16(21)13-17(18)19(24)15-9-7-6-8-10-15/h6-14H,4-5H2,1-3H3,(H,22,25). The Morgan fingerprint density at radius 2 is 1.72 bits per heavy atom. The molecule has 1 atom stereocenters. The molecule has 2 rings (SSSR count). The summed E-state index contributed by atoms with van der Waals surface area (Å²) in [6, 6.07) is 14.1. The molecule has 5 heteroatoms. The van der Waals surface area contributed by atoms with Crippen molar-refractivity contribution in [3.63, 3.8) is 0 Å². The lowest BCUT2D eigenvalue weighted by Crippen LogP contribution is -2.42. The summed E-state index contributed by atoms with van der Waals surface area (Å²) in [4.78, 5) is 27.5. The third-order valence-electron chi connectivity index (χ3n) is 4.26. The summed E-state index contributed by atoms with van der Waals surface area (Å²) in [6.07, 6.45) is 0. The van der Waals surface area contributed by atoms with Gasteiger partial charge in [0.2, 0.25) is 5.91 Å². The van der Waals surface area contributed by atoms with E-state index in [1.165, 1.54) is 0 Å². The Hall–Kier alpha value is -1.98.